The van der Waals surface area contributed by atoms with Gasteiger partial charge in [0.05, 0.1) is 0 Å². The highest BCUT2D eigenvalue weighted by molar-refractivity contribution is 7.98. The summed E-state index contributed by atoms with van der Waals surface area (Å²) in [5.74, 6) is 0.302. The molecular weight excluding hydrogens is 274 g/mol. The van der Waals surface area contributed by atoms with Crippen LogP contribution in [0.5, 0.6) is 5.75 Å². The third kappa shape index (κ3) is 3.54. The molecule has 0 aliphatic carbocycles. The van der Waals surface area contributed by atoms with Gasteiger partial charge in [-0.25, -0.2) is 0 Å². The molecule has 0 spiro atoms. The summed E-state index contributed by atoms with van der Waals surface area (Å²) < 4.78 is 0. The maximum atomic E-state index is 9.42. The Morgan fingerprint density at radius 3 is 1.57 bits per heavy atom. The van der Waals surface area contributed by atoms with E-state index in [1.54, 1.807) is 12.1 Å². The predicted octanol–water partition coefficient (Wildman–Crippen LogP) is 2.77. The molecule has 0 amide bonds. The van der Waals surface area contributed by atoms with Crippen molar-refractivity contribution in [3.05, 3.63) is 84.9 Å². The molecule has 3 heteroatoms. The van der Waals surface area contributed by atoms with Gasteiger partial charge >= 0.3 is 0 Å². The summed E-state index contributed by atoms with van der Waals surface area (Å²) in [6.45, 7) is 2.29. The maximum absolute atomic E-state index is 9.42. The van der Waals surface area contributed by atoms with Crippen molar-refractivity contribution in [1.29, 1.82) is 0 Å². The molecule has 1 N–H and O–H groups in total. The van der Waals surface area contributed by atoms with E-state index in [4.69, 9.17) is 0 Å². The van der Waals surface area contributed by atoms with Gasteiger partial charge in [0.25, 0.3) is 0 Å². The van der Waals surface area contributed by atoms with Crippen LogP contribution in [0.15, 0.2) is 84.9 Å². The van der Waals surface area contributed by atoms with Gasteiger partial charge in [-0.15, -0.1) is 0 Å². The molecule has 3 aromatic rings. The zero-order valence-electron chi connectivity index (χ0n) is 11.6. The number of rotatable bonds is 4. The minimum atomic E-state index is -0.543. The van der Waals surface area contributed by atoms with Gasteiger partial charge < -0.3 is 5.11 Å². The van der Waals surface area contributed by atoms with Crippen molar-refractivity contribution in [2.75, 3.05) is 0 Å². The largest absolute Gasteiger partial charge is 0.508 e. The van der Waals surface area contributed by atoms with Crippen LogP contribution in [0.25, 0.3) is 0 Å². The van der Waals surface area contributed by atoms with E-state index in [1.165, 1.54) is 10.6 Å². The molecule has 101 valence electrons. The lowest BCUT2D eigenvalue weighted by atomic mass is 9.94. The molecule has 0 fully saturated rings. The number of phenolic OH excluding ortho intramolecular Hbond substituents is 1. The SMILES string of the molecule is Oc1ccc([B]P(c2ccccc2)c2ccccc2)cc1. The Morgan fingerprint density at radius 2 is 1.10 bits per heavy atom. The molecule has 3 aromatic carbocycles. The van der Waals surface area contributed by atoms with Crippen LogP contribution in [0, 0.1) is 0 Å². The number of phenols is 1. The van der Waals surface area contributed by atoms with Gasteiger partial charge in [-0.1, -0.05) is 86.1 Å². The lowest BCUT2D eigenvalue weighted by molar-refractivity contribution is 0.475. The van der Waals surface area contributed by atoms with Crippen LogP contribution >= 0.6 is 7.80 Å². The summed E-state index contributed by atoms with van der Waals surface area (Å²) in [6.07, 6.45) is 0. The van der Waals surface area contributed by atoms with E-state index < -0.39 is 7.80 Å². The van der Waals surface area contributed by atoms with E-state index in [0.29, 0.717) is 5.75 Å². The lowest BCUT2D eigenvalue weighted by Crippen LogP contribution is -2.23. The van der Waals surface area contributed by atoms with Gasteiger partial charge in [-0.2, -0.15) is 0 Å². The van der Waals surface area contributed by atoms with E-state index in [9.17, 15) is 5.11 Å². The molecule has 0 atom stereocenters. The summed E-state index contributed by atoms with van der Waals surface area (Å²) >= 11 is 0. The Bertz CT molecular complexity index is 644. The molecule has 3 rings (SSSR count). The van der Waals surface area contributed by atoms with Crippen LogP contribution in [0.2, 0.25) is 0 Å². The fourth-order valence-electron chi connectivity index (χ4n) is 2.18. The van der Waals surface area contributed by atoms with Crippen LogP contribution in [0.4, 0.5) is 0 Å². The standard InChI is InChI=1S/C18H15BOP/c20-16-13-11-15(12-14-16)19-21(17-7-3-1-4-8-17)18-9-5-2-6-10-18/h1-14,20H. The van der Waals surface area contributed by atoms with E-state index in [2.05, 4.69) is 55.5 Å². The first-order valence-corrected chi connectivity index (χ1v) is 8.27. The van der Waals surface area contributed by atoms with Crippen molar-refractivity contribution in [3.63, 3.8) is 0 Å². The monoisotopic (exact) mass is 289 g/mol. The second-order valence-corrected chi connectivity index (χ2v) is 6.79. The molecule has 0 unspecified atom stereocenters. The molecule has 21 heavy (non-hydrogen) atoms. The second kappa shape index (κ2) is 6.60. The molecule has 0 heterocycles. The highest BCUT2D eigenvalue weighted by atomic mass is 31.1. The highest BCUT2D eigenvalue weighted by Gasteiger charge is 2.15. The zero-order valence-corrected chi connectivity index (χ0v) is 12.4. The average Bonchev–Trinajstić information content (AvgIpc) is 2.56. The summed E-state index contributed by atoms with van der Waals surface area (Å²) in [6, 6.07) is 28.5. The highest BCUT2D eigenvalue weighted by Crippen LogP contribution is 2.30. The molecule has 0 aliphatic rings. The van der Waals surface area contributed by atoms with Gasteiger partial charge in [-0.05, 0) is 22.7 Å². The van der Waals surface area contributed by atoms with Gasteiger partial charge in [0, 0.05) is 0 Å². The normalized spacial score (nSPS) is 10.5. The van der Waals surface area contributed by atoms with Crippen LogP contribution in [0.3, 0.4) is 0 Å². The quantitative estimate of drug-likeness (QED) is 0.578. The first-order valence-electron chi connectivity index (χ1n) is 6.86. The Kier molecular flexibility index (Phi) is 4.38. The first-order chi connectivity index (χ1) is 10.3. The molecule has 1 radical (unpaired) electrons. The Labute approximate surface area is 127 Å². The van der Waals surface area contributed by atoms with Crippen molar-refractivity contribution in [2.45, 2.75) is 0 Å². The van der Waals surface area contributed by atoms with Crippen molar-refractivity contribution in [1.82, 2.24) is 0 Å². The topological polar surface area (TPSA) is 20.2 Å². The van der Waals surface area contributed by atoms with E-state index >= 15 is 0 Å². The number of hydrogen-bond donors (Lipinski definition) is 1. The zero-order chi connectivity index (χ0) is 14.5. The molecule has 1 nitrogen and oxygen atoms in total. The summed E-state index contributed by atoms with van der Waals surface area (Å²) in [5.41, 5.74) is 1.13. The number of hydrogen-bond acceptors (Lipinski definition) is 1. The number of aromatic hydroxyl groups is 1. The van der Waals surface area contributed by atoms with Gasteiger partial charge in [0.2, 0.25) is 0 Å². The molecule has 0 bridgehead atoms. The predicted molar refractivity (Wildman–Crippen MR) is 92.6 cm³/mol. The fraction of sp³-hybridized carbons (Fsp3) is 0. The molecule has 0 saturated heterocycles. The third-order valence-corrected chi connectivity index (χ3v) is 5.51. The minimum Gasteiger partial charge on any atom is -0.508 e. The summed E-state index contributed by atoms with van der Waals surface area (Å²) in [7, 11) is -0.543. The molecule has 0 aliphatic heterocycles. The maximum Gasteiger partial charge on any atom is 0.198 e. The van der Waals surface area contributed by atoms with Crippen molar-refractivity contribution >= 4 is 30.9 Å². The van der Waals surface area contributed by atoms with Gasteiger partial charge in [0.1, 0.15) is 5.75 Å². The minimum absolute atomic E-state index is 0.302. The smallest absolute Gasteiger partial charge is 0.198 e. The Morgan fingerprint density at radius 1 is 0.619 bits per heavy atom. The van der Waals surface area contributed by atoms with Crippen molar-refractivity contribution < 1.29 is 5.11 Å². The third-order valence-electron chi connectivity index (χ3n) is 3.24. The Hall–Kier alpha value is -2.05. The average molecular weight is 289 g/mol. The molecule has 0 aromatic heterocycles. The van der Waals surface area contributed by atoms with E-state index in [0.717, 1.165) is 5.46 Å². The summed E-state index contributed by atoms with van der Waals surface area (Å²) in [5, 5.41) is 12.1. The van der Waals surface area contributed by atoms with Gasteiger partial charge in [-0.3, -0.25) is 0 Å². The summed E-state index contributed by atoms with van der Waals surface area (Å²) in [4.78, 5) is 0. The van der Waals surface area contributed by atoms with Crippen LogP contribution in [-0.2, 0) is 0 Å². The van der Waals surface area contributed by atoms with Crippen molar-refractivity contribution in [3.8, 4) is 5.75 Å². The van der Waals surface area contributed by atoms with Crippen LogP contribution in [-0.4, -0.2) is 12.1 Å². The van der Waals surface area contributed by atoms with Crippen LogP contribution in [0.1, 0.15) is 0 Å². The Balaban J connectivity index is 1.95. The first kappa shape index (κ1) is 13.9. The van der Waals surface area contributed by atoms with Gasteiger partial charge in [0.15, 0.2) is 7.00 Å². The molecule has 0 saturated carbocycles. The lowest BCUT2D eigenvalue weighted by Gasteiger charge is -2.18. The second-order valence-electron chi connectivity index (χ2n) is 4.76. The number of benzene rings is 3. The van der Waals surface area contributed by atoms with E-state index in [1.807, 2.05) is 24.3 Å². The molecular formula is C18H15BOP. The van der Waals surface area contributed by atoms with Crippen LogP contribution < -0.4 is 16.1 Å². The van der Waals surface area contributed by atoms with Crippen molar-refractivity contribution in [2.24, 2.45) is 0 Å². The van der Waals surface area contributed by atoms with E-state index in [-0.39, 0.29) is 0 Å². The fourth-order valence-corrected chi connectivity index (χ4v) is 4.24.